The lowest BCUT2D eigenvalue weighted by Crippen LogP contribution is -2.40. The van der Waals surface area contributed by atoms with Gasteiger partial charge in [0, 0.05) is 25.5 Å². The number of imidazole rings is 1. The Bertz CT molecular complexity index is 852. The fourth-order valence-corrected chi connectivity index (χ4v) is 3.22. The van der Waals surface area contributed by atoms with Crippen LogP contribution in [0.15, 0.2) is 49.2 Å². The normalized spacial score (nSPS) is 17.6. The molecule has 0 radical (unpaired) electrons. The molecule has 0 spiro atoms. The topological polar surface area (TPSA) is 68.8 Å². The lowest BCUT2D eigenvalue weighted by atomic mass is 10.1. The van der Waals surface area contributed by atoms with E-state index in [9.17, 15) is 4.79 Å². The van der Waals surface area contributed by atoms with Crippen molar-refractivity contribution < 1.29 is 4.79 Å². The van der Waals surface area contributed by atoms with Crippen molar-refractivity contribution in [3.63, 3.8) is 0 Å². The third-order valence-corrected chi connectivity index (χ3v) is 4.64. The first-order valence-electron chi connectivity index (χ1n) is 8.47. The highest BCUT2D eigenvalue weighted by Gasteiger charge is 2.26. The number of hydrogen-bond acceptors (Lipinski definition) is 4. The van der Waals surface area contributed by atoms with Crippen LogP contribution in [0.3, 0.4) is 0 Å². The molecule has 7 nitrogen and oxygen atoms in total. The van der Waals surface area contributed by atoms with Gasteiger partial charge in [-0.25, -0.2) is 9.67 Å². The Morgan fingerprint density at radius 3 is 2.84 bits per heavy atom. The molecule has 0 unspecified atom stereocenters. The monoisotopic (exact) mass is 336 g/mol. The lowest BCUT2D eigenvalue weighted by Gasteiger charge is -2.32. The third-order valence-electron chi connectivity index (χ3n) is 4.64. The van der Waals surface area contributed by atoms with Crippen LogP contribution in [0, 0.1) is 6.92 Å². The molecule has 1 fully saturated rings. The first kappa shape index (κ1) is 15.6. The number of likely N-dealkylation sites (tertiary alicyclic amines) is 1. The molecule has 128 valence electrons. The van der Waals surface area contributed by atoms with E-state index in [4.69, 9.17) is 0 Å². The summed E-state index contributed by atoms with van der Waals surface area (Å²) in [5.41, 5.74) is 2.46. The van der Waals surface area contributed by atoms with Gasteiger partial charge in [-0.05, 0) is 31.9 Å². The van der Waals surface area contributed by atoms with E-state index in [2.05, 4.69) is 19.9 Å². The maximum atomic E-state index is 12.8. The zero-order valence-corrected chi connectivity index (χ0v) is 14.1. The van der Waals surface area contributed by atoms with Crippen molar-refractivity contribution in [1.29, 1.82) is 0 Å². The highest BCUT2D eigenvalue weighted by molar-refractivity contribution is 5.92. The van der Waals surface area contributed by atoms with Crippen molar-refractivity contribution in [3.05, 3.63) is 60.4 Å². The number of nitrogens with zero attached hydrogens (tertiary/aromatic N) is 6. The van der Waals surface area contributed by atoms with E-state index in [1.54, 1.807) is 17.1 Å². The second kappa shape index (κ2) is 6.51. The summed E-state index contributed by atoms with van der Waals surface area (Å²) in [6.45, 7) is 3.46. The van der Waals surface area contributed by atoms with Crippen molar-refractivity contribution in [3.8, 4) is 5.69 Å². The SMILES string of the molecule is Cc1ccc(-n2cc(C(=O)N3CCC[C@@H](n4ccnc4)C3)nn2)cc1. The molecule has 0 N–H and O–H groups in total. The van der Waals surface area contributed by atoms with Gasteiger partial charge in [0.2, 0.25) is 0 Å². The summed E-state index contributed by atoms with van der Waals surface area (Å²) in [4.78, 5) is 18.8. The van der Waals surface area contributed by atoms with Crippen molar-refractivity contribution in [2.75, 3.05) is 13.1 Å². The lowest BCUT2D eigenvalue weighted by molar-refractivity contribution is 0.0673. The van der Waals surface area contributed by atoms with Gasteiger partial charge in [-0.1, -0.05) is 22.9 Å². The standard InChI is InChI=1S/C18H20N6O/c1-14-4-6-15(7-5-14)24-12-17(20-21-24)18(25)22-9-2-3-16(11-22)23-10-8-19-13-23/h4-8,10,12-13,16H,2-3,9,11H2,1H3/t16-/m1/s1. The van der Waals surface area contributed by atoms with E-state index in [0.717, 1.165) is 25.1 Å². The summed E-state index contributed by atoms with van der Waals surface area (Å²) in [5, 5.41) is 8.19. The van der Waals surface area contributed by atoms with Crippen LogP contribution in [-0.4, -0.2) is 48.4 Å². The Morgan fingerprint density at radius 2 is 2.08 bits per heavy atom. The highest BCUT2D eigenvalue weighted by Crippen LogP contribution is 2.22. The fourth-order valence-electron chi connectivity index (χ4n) is 3.22. The first-order valence-corrected chi connectivity index (χ1v) is 8.47. The minimum Gasteiger partial charge on any atom is -0.335 e. The molecule has 0 aliphatic carbocycles. The molecule has 1 aliphatic rings. The number of aryl methyl sites for hydroxylation is 1. The Hall–Kier alpha value is -2.96. The molecular formula is C18H20N6O. The van der Waals surface area contributed by atoms with Crippen molar-refractivity contribution in [2.45, 2.75) is 25.8 Å². The van der Waals surface area contributed by atoms with Crippen molar-refractivity contribution in [2.24, 2.45) is 0 Å². The summed E-state index contributed by atoms with van der Waals surface area (Å²) in [5.74, 6) is -0.0665. The van der Waals surface area contributed by atoms with Gasteiger partial charge in [0.1, 0.15) is 0 Å². The Morgan fingerprint density at radius 1 is 1.24 bits per heavy atom. The summed E-state index contributed by atoms with van der Waals surface area (Å²) >= 11 is 0. The first-order chi connectivity index (χ1) is 12.2. The molecule has 0 bridgehead atoms. The molecule has 3 aromatic rings. The Balaban J connectivity index is 1.50. The van der Waals surface area contributed by atoms with Crippen LogP contribution < -0.4 is 0 Å². The molecule has 1 aliphatic heterocycles. The number of benzene rings is 1. The molecule has 3 heterocycles. The number of aromatic nitrogens is 5. The van der Waals surface area contributed by atoms with Gasteiger partial charge in [0.05, 0.1) is 24.3 Å². The largest absolute Gasteiger partial charge is 0.335 e. The highest BCUT2D eigenvalue weighted by atomic mass is 16.2. The van der Waals surface area contributed by atoms with E-state index in [1.807, 2.05) is 48.6 Å². The molecule has 4 rings (SSSR count). The van der Waals surface area contributed by atoms with Crippen molar-refractivity contribution in [1.82, 2.24) is 29.4 Å². The van der Waals surface area contributed by atoms with E-state index < -0.39 is 0 Å². The zero-order chi connectivity index (χ0) is 17.2. The number of carbonyl (C=O) groups excluding carboxylic acids is 1. The van der Waals surface area contributed by atoms with E-state index in [1.165, 1.54) is 5.56 Å². The fraction of sp³-hybridized carbons (Fsp3) is 0.333. The smallest absolute Gasteiger partial charge is 0.276 e. The molecule has 1 amide bonds. The molecular weight excluding hydrogens is 316 g/mol. The molecule has 2 aromatic heterocycles. The van der Waals surface area contributed by atoms with Crippen LogP contribution in [0.2, 0.25) is 0 Å². The quantitative estimate of drug-likeness (QED) is 0.736. The van der Waals surface area contributed by atoms with Crippen LogP contribution in [0.1, 0.15) is 34.9 Å². The van der Waals surface area contributed by atoms with Gasteiger partial charge >= 0.3 is 0 Å². The van der Waals surface area contributed by atoms with E-state index >= 15 is 0 Å². The summed E-state index contributed by atoms with van der Waals surface area (Å²) in [6, 6.07) is 8.23. The van der Waals surface area contributed by atoms with E-state index in [-0.39, 0.29) is 11.9 Å². The maximum Gasteiger partial charge on any atom is 0.276 e. The third kappa shape index (κ3) is 3.17. The molecule has 1 aromatic carbocycles. The summed E-state index contributed by atoms with van der Waals surface area (Å²) in [6.07, 6.45) is 9.26. The molecule has 0 saturated carbocycles. The van der Waals surface area contributed by atoms with Gasteiger partial charge < -0.3 is 9.47 Å². The van der Waals surface area contributed by atoms with E-state index in [0.29, 0.717) is 12.2 Å². The van der Waals surface area contributed by atoms with Crippen LogP contribution in [0.4, 0.5) is 0 Å². The van der Waals surface area contributed by atoms with Gasteiger partial charge in [-0.3, -0.25) is 4.79 Å². The molecule has 7 heteroatoms. The summed E-state index contributed by atoms with van der Waals surface area (Å²) < 4.78 is 3.71. The number of piperidine rings is 1. The Labute approximate surface area is 145 Å². The molecule has 1 atom stereocenters. The minimum atomic E-state index is -0.0665. The molecule has 1 saturated heterocycles. The van der Waals surface area contributed by atoms with Crippen LogP contribution >= 0.6 is 0 Å². The number of rotatable bonds is 3. The predicted molar refractivity (Wildman–Crippen MR) is 92.5 cm³/mol. The second-order valence-electron chi connectivity index (χ2n) is 6.44. The zero-order valence-electron chi connectivity index (χ0n) is 14.1. The minimum absolute atomic E-state index is 0.0665. The molecule has 25 heavy (non-hydrogen) atoms. The summed E-state index contributed by atoms with van der Waals surface area (Å²) in [7, 11) is 0. The Kier molecular flexibility index (Phi) is 4.05. The van der Waals surface area contributed by atoms with Crippen LogP contribution in [0.5, 0.6) is 0 Å². The average molecular weight is 336 g/mol. The van der Waals surface area contributed by atoms with Gasteiger partial charge in [-0.2, -0.15) is 0 Å². The number of carbonyl (C=O) groups is 1. The number of amides is 1. The van der Waals surface area contributed by atoms with Gasteiger partial charge in [0.15, 0.2) is 5.69 Å². The van der Waals surface area contributed by atoms with Crippen LogP contribution in [0.25, 0.3) is 5.69 Å². The number of hydrogen-bond donors (Lipinski definition) is 0. The van der Waals surface area contributed by atoms with Crippen molar-refractivity contribution >= 4 is 5.91 Å². The average Bonchev–Trinajstić information content (AvgIpc) is 3.34. The predicted octanol–water partition coefficient (Wildman–Crippen LogP) is 2.25. The van der Waals surface area contributed by atoms with Crippen LogP contribution in [-0.2, 0) is 0 Å². The maximum absolute atomic E-state index is 12.8. The van der Waals surface area contributed by atoms with Gasteiger partial charge in [-0.15, -0.1) is 5.10 Å². The second-order valence-corrected chi connectivity index (χ2v) is 6.44. The van der Waals surface area contributed by atoms with Gasteiger partial charge in [0.25, 0.3) is 5.91 Å².